The van der Waals surface area contributed by atoms with Gasteiger partial charge >= 0.3 is 5.97 Å². The van der Waals surface area contributed by atoms with Crippen molar-refractivity contribution < 1.29 is 23.8 Å². The second-order valence-electron chi connectivity index (χ2n) is 14.6. The fourth-order valence-corrected chi connectivity index (χ4v) is 6.55. The molecule has 248 valence electrons. The molecule has 0 radical (unpaired) electrons. The zero-order chi connectivity index (χ0) is 33.1. The van der Waals surface area contributed by atoms with Gasteiger partial charge in [-0.25, -0.2) is 9.18 Å². The highest BCUT2D eigenvalue weighted by molar-refractivity contribution is 5.88. The fourth-order valence-electron chi connectivity index (χ4n) is 6.55. The number of aryl methyl sites for hydroxylation is 1. The first-order valence-corrected chi connectivity index (χ1v) is 16.7. The van der Waals surface area contributed by atoms with Crippen molar-refractivity contribution in [3.8, 4) is 16.9 Å². The van der Waals surface area contributed by atoms with E-state index >= 15 is 0 Å². The normalized spacial score (nSPS) is 17.7. The number of ether oxygens (including phenoxy) is 2. The highest BCUT2D eigenvalue weighted by Gasteiger charge is 2.37. The van der Waals surface area contributed by atoms with Crippen molar-refractivity contribution >= 4 is 11.7 Å². The minimum absolute atomic E-state index is 0.221. The van der Waals surface area contributed by atoms with Crippen LogP contribution >= 0.6 is 0 Å². The van der Waals surface area contributed by atoms with Crippen LogP contribution in [0.25, 0.3) is 11.1 Å². The Kier molecular flexibility index (Phi) is 10.4. The van der Waals surface area contributed by atoms with Crippen molar-refractivity contribution in [2.24, 2.45) is 5.41 Å². The van der Waals surface area contributed by atoms with Crippen LogP contribution in [0.5, 0.6) is 5.75 Å². The molecule has 2 aliphatic heterocycles. The molecule has 2 saturated heterocycles. The van der Waals surface area contributed by atoms with Crippen LogP contribution in [0, 0.1) is 18.2 Å². The van der Waals surface area contributed by atoms with Gasteiger partial charge in [0.25, 0.3) is 0 Å². The number of likely N-dealkylation sites (tertiary alicyclic amines) is 1. The molecule has 1 atom stereocenters. The molecule has 1 N–H and O–H groups in total. The molecule has 1 aromatic heterocycles. The molecule has 8 heteroatoms. The number of aromatic nitrogens is 1. The monoisotopic (exact) mass is 631 g/mol. The molecule has 3 aromatic rings. The maximum atomic E-state index is 13.3. The van der Waals surface area contributed by atoms with Crippen LogP contribution in [0.1, 0.15) is 88.9 Å². The summed E-state index contributed by atoms with van der Waals surface area (Å²) in [5.41, 5.74) is 5.77. The van der Waals surface area contributed by atoms with E-state index in [0.717, 1.165) is 72.8 Å². The van der Waals surface area contributed by atoms with Gasteiger partial charge in [-0.1, -0.05) is 38.1 Å². The standard InChI is InChI=1S/C38H50FN3O4/c1-26-32(35(36(43)44)46-37(2,3)4)34(42-22-18-38(5,6)19-23-42)33(31(40-26)25-41-20-7-8-21-41)28-11-15-30(16-12-28)45-24-17-27-9-13-29(39)14-10-27/h9-16,35H,7-8,17-25H2,1-6H3,(H,43,44)/t35-/m0/s1. The van der Waals surface area contributed by atoms with Crippen LogP contribution in [0.15, 0.2) is 48.5 Å². The Balaban J connectivity index is 1.58. The quantitative estimate of drug-likeness (QED) is 0.230. The summed E-state index contributed by atoms with van der Waals surface area (Å²) in [4.78, 5) is 22.9. The van der Waals surface area contributed by atoms with E-state index in [1.54, 1.807) is 12.1 Å². The van der Waals surface area contributed by atoms with Gasteiger partial charge in [-0.05, 0) is 107 Å². The number of anilines is 1. The van der Waals surface area contributed by atoms with Crippen LogP contribution in [-0.4, -0.2) is 59.3 Å². The Morgan fingerprint density at radius 1 is 1.00 bits per heavy atom. The van der Waals surface area contributed by atoms with Gasteiger partial charge in [0.1, 0.15) is 11.6 Å². The summed E-state index contributed by atoms with van der Waals surface area (Å²) in [6, 6.07) is 14.6. The number of benzene rings is 2. The molecular weight excluding hydrogens is 581 g/mol. The van der Waals surface area contributed by atoms with E-state index in [1.807, 2.05) is 39.8 Å². The van der Waals surface area contributed by atoms with Crippen LogP contribution < -0.4 is 9.64 Å². The lowest BCUT2D eigenvalue weighted by Gasteiger charge is -2.41. The summed E-state index contributed by atoms with van der Waals surface area (Å²) in [5, 5.41) is 10.6. The van der Waals surface area contributed by atoms with Gasteiger partial charge in [0.15, 0.2) is 6.10 Å². The molecule has 46 heavy (non-hydrogen) atoms. The molecule has 0 aliphatic carbocycles. The van der Waals surface area contributed by atoms with E-state index in [9.17, 15) is 14.3 Å². The predicted molar refractivity (Wildman–Crippen MR) is 181 cm³/mol. The molecule has 3 heterocycles. The second kappa shape index (κ2) is 14.1. The molecular formula is C38H50FN3O4. The first kappa shape index (κ1) is 33.9. The lowest BCUT2D eigenvalue weighted by atomic mass is 9.81. The van der Waals surface area contributed by atoms with Gasteiger partial charge in [-0.15, -0.1) is 0 Å². The zero-order valence-corrected chi connectivity index (χ0v) is 28.4. The van der Waals surface area contributed by atoms with Gasteiger partial charge in [0, 0.05) is 42.9 Å². The van der Waals surface area contributed by atoms with Crippen molar-refractivity contribution in [1.29, 1.82) is 0 Å². The van der Waals surface area contributed by atoms with E-state index < -0.39 is 17.7 Å². The predicted octanol–water partition coefficient (Wildman–Crippen LogP) is 7.98. The van der Waals surface area contributed by atoms with Gasteiger partial charge in [0.2, 0.25) is 0 Å². The first-order valence-electron chi connectivity index (χ1n) is 16.7. The number of piperidine rings is 1. The summed E-state index contributed by atoms with van der Waals surface area (Å²) in [6.07, 6.45) is 3.87. The average Bonchev–Trinajstić information content (AvgIpc) is 3.50. The number of pyridine rings is 1. The molecule has 0 saturated carbocycles. The summed E-state index contributed by atoms with van der Waals surface area (Å²) >= 11 is 0. The number of carbonyl (C=O) groups is 1. The summed E-state index contributed by atoms with van der Waals surface area (Å²) in [5.74, 6) is -0.514. The highest BCUT2D eigenvalue weighted by Crippen LogP contribution is 2.45. The molecule has 5 rings (SSSR count). The van der Waals surface area contributed by atoms with E-state index in [-0.39, 0.29) is 11.2 Å². The number of aliphatic carboxylic acids is 1. The van der Waals surface area contributed by atoms with Crippen LogP contribution in [0.3, 0.4) is 0 Å². The summed E-state index contributed by atoms with van der Waals surface area (Å²) in [7, 11) is 0. The fraction of sp³-hybridized carbons (Fsp3) is 0.526. The number of hydrogen-bond acceptors (Lipinski definition) is 6. The lowest BCUT2D eigenvalue weighted by molar-refractivity contribution is -0.160. The Labute approximate surface area is 273 Å². The first-order chi connectivity index (χ1) is 21.8. The van der Waals surface area contributed by atoms with Crippen LogP contribution in [-0.2, 0) is 22.5 Å². The molecule has 0 amide bonds. The minimum Gasteiger partial charge on any atom is -0.493 e. The van der Waals surface area contributed by atoms with Crippen molar-refractivity contribution in [3.05, 3.63) is 76.9 Å². The van der Waals surface area contributed by atoms with Crippen LogP contribution in [0.2, 0.25) is 0 Å². The minimum atomic E-state index is -1.16. The largest absolute Gasteiger partial charge is 0.493 e. The Hall–Kier alpha value is -3.49. The third-order valence-electron chi connectivity index (χ3n) is 9.15. The Morgan fingerprint density at radius 2 is 1.63 bits per heavy atom. The van der Waals surface area contributed by atoms with Crippen molar-refractivity contribution in [2.75, 3.05) is 37.7 Å². The van der Waals surface area contributed by atoms with Gasteiger partial charge in [-0.2, -0.15) is 0 Å². The molecule has 7 nitrogen and oxygen atoms in total. The van der Waals surface area contributed by atoms with Crippen molar-refractivity contribution in [3.63, 3.8) is 0 Å². The van der Waals surface area contributed by atoms with Crippen LogP contribution in [0.4, 0.5) is 10.1 Å². The van der Waals surface area contributed by atoms with Gasteiger partial charge in [-0.3, -0.25) is 9.88 Å². The molecule has 0 unspecified atom stereocenters. The maximum absolute atomic E-state index is 13.3. The topological polar surface area (TPSA) is 75.1 Å². The average molecular weight is 632 g/mol. The third-order valence-corrected chi connectivity index (χ3v) is 9.15. The summed E-state index contributed by atoms with van der Waals surface area (Å²) < 4.78 is 25.7. The third kappa shape index (κ3) is 8.45. The number of carboxylic acids is 1. The summed E-state index contributed by atoms with van der Waals surface area (Å²) in [6.45, 7) is 17.1. The number of nitrogens with zero attached hydrogens (tertiary/aromatic N) is 3. The molecule has 0 bridgehead atoms. The SMILES string of the molecule is Cc1nc(CN2CCCC2)c(-c2ccc(OCCc3ccc(F)cc3)cc2)c(N2CCC(C)(C)CC2)c1[C@H](OC(C)(C)C)C(=O)O. The van der Waals surface area contributed by atoms with Crippen molar-refractivity contribution in [1.82, 2.24) is 9.88 Å². The Bertz CT molecular complexity index is 1480. The number of carboxylic acid groups (broad SMARTS) is 1. The zero-order valence-electron chi connectivity index (χ0n) is 28.4. The van der Waals surface area contributed by atoms with Gasteiger partial charge in [0.05, 0.1) is 23.6 Å². The number of rotatable bonds is 11. The molecule has 2 fully saturated rings. The molecule has 0 spiro atoms. The maximum Gasteiger partial charge on any atom is 0.337 e. The van der Waals surface area contributed by atoms with Gasteiger partial charge < -0.3 is 19.5 Å². The lowest BCUT2D eigenvalue weighted by Crippen LogP contribution is -2.39. The molecule has 2 aliphatic rings. The van der Waals surface area contributed by atoms with Crippen molar-refractivity contribution in [2.45, 2.75) is 91.9 Å². The number of halogens is 1. The van der Waals surface area contributed by atoms with E-state index in [1.165, 1.54) is 25.0 Å². The van der Waals surface area contributed by atoms with E-state index in [2.05, 4.69) is 35.8 Å². The van der Waals surface area contributed by atoms with E-state index in [4.69, 9.17) is 14.5 Å². The number of hydrogen-bond donors (Lipinski definition) is 1. The molecule has 2 aromatic carbocycles. The van der Waals surface area contributed by atoms with E-state index in [0.29, 0.717) is 30.8 Å². The highest BCUT2D eigenvalue weighted by atomic mass is 19.1. The smallest absolute Gasteiger partial charge is 0.337 e. The second-order valence-corrected chi connectivity index (χ2v) is 14.6. The Morgan fingerprint density at radius 3 is 2.22 bits per heavy atom.